The van der Waals surface area contributed by atoms with Gasteiger partial charge in [-0.15, -0.1) is 13.2 Å². The number of aromatic nitrogens is 1. The van der Waals surface area contributed by atoms with Gasteiger partial charge in [0.2, 0.25) is 0 Å². The summed E-state index contributed by atoms with van der Waals surface area (Å²) in [5, 5.41) is 0.0500. The second-order valence-electron chi connectivity index (χ2n) is 4.11. The average Bonchev–Trinajstić information content (AvgIpc) is 2.82. The first-order valence-electron chi connectivity index (χ1n) is 5.85. The minimum absolute atomic E-state index is 0.0500. The lowest BCUT2D eigenvalue weighted by Gasteiger charge is -2.08. The molecule has 6 nitrogen and oxygen atoms in total. The predicted molar refractivity (Wildman–Crippen MR) is 67.7 cm³/mol. The molecule has 0 bridgehead atoms. The predicted octanol–water partition coefficient (Wildman–Crippen LogP) is 2.64. The van der Waals surface area contributed by atoms with Gasteiger partial charge in [-0.05, 0) is 18.2 Å². The normalized spacial score (nSPS) is 11.3. The summed E-state index contributed by atoms with van der Waals surface area (Å²) in [6.45, 7) is 0. The number of H-pyrrole nitrogens is 1. The number of esters is 2. The first-order chi connectivity index (χ1) is 10.3. The molecule has 2 aromatic rings. The Kier molecular flexibility index (Phi) is 3.98. The van der Waals surface area contributed by atoms with Gasteiger partial charge in [0, 0.05) is 10.9 Å². The van der Waals surface area contributed by atoms with E-state index in [0.717, 1.165) is 26.4 Å². The molecule has 1 N–H and O–H groups in total. The third kappa shape index (κ3) is 2.97. The highest BCUT2D eigenvalue weighted by atomic mass is 19.4. The molecule has 0 saturated heterocycles. The van der Waals surface area contributed by atoms with E-state index in [9.17, 15) is 22.8 Å². The molecule has 0 unspecified atom stereocenters. The van der Waals surface area contributed by atoms with E-state index in [0.29, 0.717) is 0 Å². The number of hydrogen-bond donors (Lipinski definition) is 1. The van der Waals surface area contributed by atoms with Crippen molar-refractivity contribution in [3.63, 3.8) is 0 Å². The molecular weight excluding hydrogens is 307 g/mol. The van der Waals surface area contributed by atoms with Gasteiger partial charge in [0.05, 0.1) is 19.8 Å². The molecule has 9 heteroatoms. The number of ether oxygens (including phenoxy) is 3. The van der Waals surface area contributed by atoms with Crippen LogP contribution >= 0.6 is 0 Å². The molecule has 1 heterocycles. The van der Waals surface area contributed by atoms with Crippen molar-refractivity contribution in [3.05, 3.63) is 29.5 Å². The average molecular weight is 317 g/mol. The van der Waals surface area contributed by atoms with Crippen LogP contribution in [0.3, 0.4) is 0 Å². The zero-order chi connectivity index (χ0) is 16.5. The number of carbonyl (C=O) groups excluding carboxylic acids is 2. The van der Waals surface area contributed by atoms with E-state index in [-0.39, 0.29) is 22.2 Å². The van der Waals surface area contributed by atoms with Gasteiger partial charge in [0.25, 0.3) is 0 Å². The Bertz CT molecular complexity index is 735. The van der Waals surface area contributed by atoms with E-state index < -0.39 is 24.1 Å². The molecular formula is C13H10F3NO5. The lowest BCUT2D eigenvalue weighted by molar-refractivity contribution is -0.274. The van der Waals surface area contributed by atoms with E-state index in [4.69, 9.17) is 0 Å². The first-order valence-corrected chi connectivity index (χ1v) is 5.85. The van der Waals surface area contributed by atoms with E-state index in [2.05, 4.69) is 19.2 Å². The summed E-state index contributed by atoms with van der Waals surface area (Å²) in [7, 11) is 2.19. The van der Waals surface area contributed by atoms with Crippen LogP contribution in [-0.2, 0) is 9.47 Å². The van der Waals surface area contributed by atoms with Crippen LogP contribution in [0.2, 0.25) is 0 Å². The third-order valence-corrected chi connectivity index (χ3v) is 2.78. The molecule has 1 aromatic heterocycles. The minimum atomic E-state index is -4.87. The van der Waals surface area contributed by atoms with Gasteiger partial charge in [-0.1, -0.05) is 0 Å². The summed E-state index contributed by atoms with van der Waals surface area (Å²) < 4.78 is 49.6. The van der Waals surface area contributed by atoms with Crippen LogP contribution < -0.4 is 4.74 Å². The zero-order valence-electron chi connectivity index (χ0n) is 11.4. The molecule has 0 fully saturated rings. The second-order valence-corrected chi connectivity index (χ2v) is 4.11. The van der Waals surface area contributed by atoms with Crippen molar-refractivity contribution in [1.29, 1.82) is 0 Å². The van der Waals surface area contributed by atoms with E-state index in [1.54, 1.807) is 0 Å². The summed E-state index contributed by atoms with van der Waals surface area (Å²) in [6.07, 6.45) is -4.87. The number of carbonyl (C=O) groups is 2. The van der Waals surface area contributed by atoms with E-state index in [1.807, 2.05) is 0 Å². The highest BCUT2D eigenvalue weighted by molar-refractivity contribution is 6.12. The van der Waals surface area contributed by atoms with Gasteiger partial charge in [-0.3, -0.25) is 0 Å². The molecule has 0 amide bonds. The van der Waals surface area contributed by atoms with Crippen molar-refractivity contribution in [3.8, 4) is 5.75 Å². The van der Waals surface area contributed by atoms with Crippen LogP contribution in [-0.4, -0.2) is 37.5 Å². The molecule has 0 radical (unpaired) electrons. The van der Waals surface area contributed by atoms with E-state index >= 15 is 0 Å². The van der Waals surface area contributed by atoms with Crippen LogP contribution in [0.4, 0.5) is 13.2 Å². The largest absolute Gasteiger partial charge is 0.573 e. The molecule has 118 valence electrons. The lowest BCUT2D eigenvalue weighted by atomic mass is 10.1. The maximum Gasteiger partial charge on any atom is 0.573 e. The number of methoxy groups -OCH3 is 2. The monoisotopic (exact) mass is 317 g/mol. The van der Waals surface area contributed by atoms with Gasteiger partial charge < -0.3 is 19.2 Å². The van der Waals surface area contributed by atoms with Gasteiger partial charge >= 0.3 is 18.3 Å². The van der Waals surface area contributed by atoms with Crippen molar-refractivity contribution in [1.82, 2.24) is 4.98 Å². The number of benzene rings is 1. The minimum Gasteiger partial charge on any atom is -0.465 e. The highest BCUT2D eigenvalue weighted by Gasteiger charge is 2.32. The second kappa shape index (κ2) is 5.58. The number of halogens is 3. The summed E-state index contributed by atoms with van der Waals surface area (Å²) in [5.74, 6) is -2.27. The highest BCUT2D eigenvalue weighted by Crippen LogP contribution is 2.30. The number of fused-ring (bicyclic) bond motifs is 1. The van der Waals surface area contributed by atoms with Crippen LogP contribution in [0.25, 0.3) is 10.9 Å². The van der Waals surface area contributed by atoms with Crippen molar-refractivity contribution in [2.75, 3.05) is 14.2 Å². The number of hydrogen-bond acceptors (Lipinski definition) is 5. The topological polar surface area (TPSA) is 77.6 Å². The number of rotatable bonds is 3. The molecule has 0 aliphatic heterocycles. The van der Waals surface area contributed by atoms with Gasteiger partial charge in [-0.25, -0.2) is 9.59 Å². The maximum absolute atomic E-state index is 12.3. The van der Waals surface area contributed by atoms with Gasteiger partial charge in [0.15, 0.2) is 0 Å². The number of alkyl halides is 3. The van der Waals surface area contributed by atoms with Crippen molar-refractivity contribution in [2.45, 2.75) is 6.36 Å². The van der Waals surface area contributed by atoms with Crippen molar-refractivity contribution < 1.29 is 37.0 Å². The Morgan fingerprint density at radius 2 is 1.73 bits per heavy atom. The van der Waals surface area contributed by atoms with Crippen molar-refractivity contribution in [2.24, 2.45) is 0 Å². The number of aromatic amines is 1. The first kappa shape index (κ1) is 15.7. The Morgan fingerprint density at radius 1 is 1.09 bits per heavy atom. The molecule has 22 heavy (non-hydrogen) atoms. The standard InChI is InChI=1S/C13H10F3NO5/c1-20-11(18)9-7-5-6(22-13(14,15)16)3-4-8(7)17-10(9)12(19)21-2/h3-5,17H,1-2H3. The lowest BCUT2D eigenvalue weighted by Crippen LogP contribution is -2.17. The van der Waals surface area contributed by atoms with Crippen LogP contribution in [0, 0.1) is 0 Å². The fourth-order valence-corrected chi connectivity index (χ4v) is 1.94. The summed E-state index contributed by atoms with van der Waals surface area (Å²) >= 11 is 0. The molecule has 1 aromatic carbocycles. The SMILES string of the molecule is COC(=O)c1[nH]c2ccc(OC(F)(F)F)cc2c1C(=O)OC. The maximum atomic E-state index is 12.3. The quantitative estimate of drug-likeness (QED) is 0.881. The molecule has 0 saturated carbocycles. The Hall–Kier alpha value is -2.71. The Morgan fingerprint density at radius 3 is 2.27 bits per heavy atom. The molecule has 0 spiro atoms. The fourth-order valence-electron chi connectivity index (χ4n) is 1.94. The molecule has 0 aliphatic rings. The smallest absolute Gasteiger partial charge is 0.465 e. The van der Waals surface area contributed by atoms with Crippen LogP contribution in [0.5, 0.6) is 5.75 Å². The van der Waals surface area contributed by atoms with Gasteiger partial charge in [-0.2, -0.15) is 0 Å². The molecule has 0 aliphatic carbocycles. The van der Waals surface area contributed by atoms with Crippen LogP contribution in [0.15, 0.2) is 18.2 Å². The van der Waals surface area contributed by atoms with E-state index in [1.165, 1.54) is 6.07 Å². The fraction of sp³-hybridized carbons (Fsp3) is 0.231. The molecule has 2 rings (SSSR count). The van der Waals surface area contributed by atoms with Crippen LogP contribution in [0.1, 0.15) is 20.8 Å². The van der Waals surface area contributed by atoms with Gasteiger partial charge in [0.1, 0.15) is 11.4 Å². The zero-order valence-corrected chi connectivity index (χ0v) is 11.4. The summed E-state index contributed by atoms with van der Waals surface area (Å²) in [4.78, 5) is 26.1. The van der Waals surface area contributed by atoms with Crippen molar-refractivity contribution >= 4 is 22.8 Å². The molecule has 0 atom stereocenters. The third-order valence-electron chi connectivity index (χ3n) is 2.78. The Balaban J connectivity index is 2.64. The summed E-state index contributed by atoms with van der Waals surface area (Å²) in [6, 6.07) is 3.28. The number of nitrogens with one attached hydrogen (secondary N) is 1. The Labute approximate surface area is 121 Å². The summed E-state index contributed by atoms with van der Waals surface area (Å²) in [5.41, 5.74) is -0.180.